The summed E-state index contributed by atoms with van der Waals surface area (Å²) in [5.41, 5.74) is 4.22. The number of amides is 1. The fraction of sp³-hybridized carbons (Fsp3) is 0.480. The van der Waals surface area contributed by atoms with Gasteiger partial charge in [0.05, 0.1) is 18.3 Å². The number of aryl methyl sites for hydroxylation is 3. The molecule has 0 aliphatic carbocycles. The van der Waals surface area contributed by atoms with Crippen molar-refractivity contribution >= 4 is 11.7 Å². The molecule has 1 saturated heterocycles. The Labute approximate surface area is 184 Å². The number of ketones is 1. The first kappa shape index (κ1) is 22.8. The highest BCUT2D eigenvalue weighted by Crippen LogP contribution is 2.32. The van der Waals surface area contributed by atoms with Crippen LogP contribution in [0.5, 0.6) is 0 Å². The minimum Gasteiger partial charge on any atom is -0.392 e. The van der Waals surface area contributed by atoms with E-state index in [0.29, 0.717) is 44.5 Å². The number of imidazole rings is 1. The molecule has 31 heavy (non-hydrogen) atoms. The molecule has 0 saturated carbocycles. The fourth-order valence-electron chi connectivity index (χ4n) is 4.51. The largest absolute Gasteiger partial charge is 0.392 e. The highest BCUT2D eigenvalue weighted by Gasteiger charge is 2.32. The molecule has 2 aromatic rings. The van der Waals surface area contributed by atoms with Gasteiger partial charge in [-0.2, -0.15) is 0 Å². The van der Waals surface area contributed by atoms with Gasteiger partial charge >= 0.3 is 0 Å². The van der Waals surface area contributed by atoms with Crippen molar-refractivity contribution < 1.29 is 14.7 Å². The first-order valence-electron chi connectivity index (χ1n) is 10.8. The normalized spacial score (nSPS) is 20.2. The summed E-state index contributed by atoms with van der Waals surface area (Å²) in [5, 5.41) is 11.0. The van der Waals surface area contributed by atoms with Crippen molar-refractivity contribution in [2.45, 2.75) is 58.5 Å². The van der Waals surface area contributed by atoms with Crippen LogP contribution in [0, 0.1) is 25.7 Å². The number of aromatic nitrogens is 2. The Kier molecular flexibility index (Phi) is 7.29. The van der Waals surface area contributed by atoms with Gasteiger partial charge in [-0.15, -0.1) is 5.92 Å². The summed E-state index contributed by atoms with van der Waals surface area (Å²) in [5.74, 6) is 5.34. The van der Waals surface area contributed by atoms with E-state index >= 15 is 0 Å². The van der Waals surface area contributed by atoms with E-state index in [4.69, 9.17) is 0 Å². The van der Waals surface area contributed by atoms with E-state index in [0.717, 1.165) is 22.3 Å². The first-order valence-corrected chi connectivity index (χ1v) is 10.8. The van der Waals surface area contributed by atoms with E-state index in [1.165, 1.54) is 0 Å². The van der Waals surface area contributed by atoms with E-state index in [1.807, 2.05) is 33.0 Å². The maximum Gasteiger partial charge on any atom is 0.274 e. The molecular formula is C25H31N3O3. The molecule has 1 aliphatic rings. The standard InChI is InChI=1S/C25H31N3O3/c1-5-8-19-13-17(2)23(18(3)14-19)24-21(29)9-6-11-28(12-7-10-22(24)30)25(31)20-15-27(4)16-26-20/h13-16,21,24,29H,6-7,9-12H2,1-4H3. The molecule has 1 fully saturated rings. The number of hydrogen-bond acceptors (Lipinski definition) is 4. The highest BCUT2D eigenvalue weighted by molar-refractivity contribution is 5.92. The smallest absolute Gasteiger partial charge is 0.274 e. The maximum atomic E-state index is 13.2. The van der Waals surface area contributed by atoms with Gasteiger partial charge in [0.2, 0.25) is 0 Å². The van der Waals surface area contributed by atoms with E-state index in [1.54, 1.807) is 28.9 Å². The molecule has 2 unspecified atom stereocenters. The quantitative estimate of drug-likeness (QED) is 0.756. The van der Waals surface area contributed by atoms with Crippen LogP contribution in [-0.2, 0) is 11.8 Å². The van der Waals surface area contributed by atoms with Gasteiger partial charge in [-0.1, -0.05) is 5.92 Å². The number of aliphatic hydroxyl groups is 1. The van der Waals surface area contributed by atoms with Crippen LogP contribution in [0.15, 0.2) is 24.7 Å². The summed E-state index contributed by atoms with van der Waals surface area (Å²) in [6, 6.07) is 3.98. The molecule has 6 nitrogen and oxygen atoms in total. The first-order chi connectivity index (χ1) is 14.8. The fourth-order valence-corrected chi connectivity index (χ4v) is 4.51. The monoisotopic (exact) mass is 421 g/mol. The van der Waals surface area contributed by atoms with Crippen molar-refractivity contribution in [3.63, 3.8) is 0 Å². The number of rotatable bonds is 2. The lowest BCUT2D eigenvalue weighted by molar-refractivity contribution is -0.123. The molecule has 1 amide bonds. The van der Waals surface area contributed by atoms with Crippen molar-refractivity contribution in [1.82, 2.24) is 14.5 Å². The van der Waals surface area contributed by atoms with Crippen LogP contribution >= 0.6 is 0 Å². The molecule has 164 valence electrons. The Balaban J connectivity index is 1.80. The Morgan fingerprint density at radius 2 is 1.87 bits per heavy atom. The Hall–Kier alpha value is -2.91. The Bertz CT molecular complexity index is 1010. The summed E-state index contributed by atoms with van der Waals surface area (Å²) < 4.78 is 1.74. The van der Waals surface area contributed by atoms with Crippen LogP contribution < -0.4 is 0 Å². The zero-order valence-electron chi connectivity index (χ0n) is 18.8. The molecule has 6 heteroatoms. The molecule has 0 bridgehead atoms. The van der Waals surface area contributed by atoms with Crippen LogP contribution in [0.2, 0.25) is 0 Å². The van der Waals surface area contributed by atoms with Crippen molar-refractivity contribution in [3.8, 4) is 11.8 Å². The minimum atomic E-state index is -0.780. The van der Waals surface area contributed by atoms with Gasteiger partial charge < -0.3 is 14.6 Å². The summed E-state index contributed by atoms with van der Waals surface area (Å²) in [4.78, 5) is 31.9. The second-order valence-electron chi connectivity index (χ2n) is 8.37. The average molecular weight is 422 g/mol. The Morgan fingerprint density at radius 3 is 2.48 bits per heavy atom. The molecule has 2 atom stereocenters. The van der Waals surface area contributed by atoms with Crippen LogP contribution in [0.1, 0.15) is 71.3 Å². The van der Waals surface area contributed by atoms with Gasteiger partial charge in [-0.3, -0.25) is 9.59 Å². The lowest BCUT2D eigenvalue weighted by Gasteiger charge is -2.29. The van der Waals surface area contributed by atoms with E-state index < -0.39 is 12.0 Å². The molecule has 1 aliphatic heterocycles. The number of nitrogens with zero attached hydrogens (tertiary/aromatic N) is 3. The number of aliphatic hydroxyl groups excluding tert-OH is 1. The number of carbonyl (C=O) groups is 2. The lowest BCUT2D eigenvalue weighted by Crippen LogP contribution is -2.36. The van der Waals surface area contributed by atoms with E-state index in [9.17, 15) is 14.7 Å². The second-order valence-corrected chi connectivity index (χ2v) is 8.37. The van der Waals surface area contributed by atoms with Gasteiger partial charge in [0.15, 0.2) is 0 Å². The summed E-state index contributed by atoms with van der Waals surface area (Å²) in [6.07, 6.45) is 4.50. The van der Waals surface area contributed by atoms with Gasteiger partial charge in [-0.05, 0) is 68.9 Å². The molecule has 3 rings (SSSR count). The minimum absolute atomic E-state index is 0.0279. The third kappa shape index (κ3) is 5.23. The van der Waals surface area contributed by atoms with Gasteiger partial charge in [-0.25, -0.2) is 4.98 Å². The second kappa shape index (κ2) is 9.93. The third-order valence-electron chi connectivity index (χ3n) is 5.90. The molecule has 0 radical (unpaired) electrons. The topological polar surface area (TPSA) is 75.4 Å². The molecule has 0 spiro atoms. The summed E-state index contributed by atoms with van der Waals surface area (Å²) in [6.45, 7) is 6.81. The highest BCUT2D eigenvalue weighted by atomic mass is 16.3. The van der Waals surface area contributed by atoms with Crippen LogP contribution in [-0.4, -0.2) is 50.4 Å². The molecule has 1 aromatic heterocycles. The maximum absolute atomic E-state index is 13.2. The molecular weight excluding hydrogens is 390 g/mol. The number of benzene rings is 1. The van der Waals surface area contributed by atoms with Gasteiger partial charge in [0.1, 0.15) is 11.5 Å². The average Bonchev–Trinajstić information content (AvgIpc) is 3.15. The summed E-state index contributed by atoms with van der Waals surface area (Å²) in [7, 11) is 1.83. The van der Waals surface area contributed by atoms with Crippen LogP contribution in [0.25, 0.3) is 0 Å². The molecule has 1 N–H and O–H groups in total. The van der Waals surface area contributed by atoms with Crippen molar-refractivity contribution in [1.29, 1.82) is 0 Å². The number of hydrogen-bond donors (Lipinski definition) is 1. The predicted octanol–water partition coefficient (Wildman–Crippen LogP) is 3.14. The third-order valence-corrected chi connectivity index (χ3v) is 5.90. The van der Waals surface area contributed by atoms with Crippen LogP contribution in [0.3, 0.4) is 0 Å². The predicted molar refractivity (Wildman–Crippen MR) is 120 cm³/mol. The van der Waals surface area contributed by atoms with Crippen molar-refractivity contribution in [3.05, 3.63) is 52.6 Å². The van der Waals surface area contributed by atoms with Crippen molar-refractivity contribution in [2.24, 2.45) is 7.05 Å². The lowest BCUT2D eigenvalue weighted by atomic mass is 9.80. The van der Waals surface area contributed by atoms with Gasteiger partial charge in [0, 0.05) is 38.3 Å². The van der Waals surface area contributed by atoms with Gasteiger partial charge in [0.25, 0.3) is 5.91 Å². The van der Waals surface area contributed by atoms with Crippen LogP contribution in [0.4, 0.5) is 0 Å². The zero-order valence-corrected chi connectivity index (χ0v) is 18.8. The number of Topliss-reactive ketones (excluding diaryl/α,β-unsaturated/α-hetero) is 1. The van der Waals surface area contributed by atoms with E-state index in [-0.39, 0.29) is 11.7 Å². The van der Waals surface area contributed by atoms with Crippen molar-refractivity contribution in [2.75, 3.05) is 13.1 Å². The number of carbonyl (C=O) groups excluding carboxylic acids is 2. The zero-order chi connectivity index (χ0) is 22.5. The molecule has 2 heterocycles. The summed E-state index contributed by atoms with van der Waals surface area (Å²) >= 11 is 0. The SMILES string of the molecule is CC#Cc1cc(C)c(C2C(=O)CCCN(C(=O)c3cn(C)cn3)CCCC2O)c(C)c1. The Morgan fingerprint density at radius 1 is 1.19 bits per heavy atom. The van der Waals surface area contributed by atoms with E-state index in [2.05, 4.69) is 16.8 Å². The molecule has 1 aromatic carbocycles.